The Hall–Kier alpha value is -5.55. The second kappa shape index (κ2) is 16.0. The number of hydrogen-bond donors (Lipinski definition) is 0. The number of benzene rings is 6. The van der Waals surface area contributed by atoms with Crippen molar-refractivity contribution in [2.75, 3.05) is 13.2 Å². The number of hydrogen-bond acceptors (Lipinski definition) is 4. The van der Waals surface area contributed by atoms with E-state index in [4.69, 9.17) is 14.2 Å². The zero-order valence-electron chi connectivity index (χ0n) is 30.3. The summed E-state index contributed by atoms with van der Waals surface area (Å²) in [5.74, 6) is -0.131. The van der Waals surface area contributed by atoms with E-state index in [0.29, 0.717) is 38.2 Å². The fourth-order valence-electron chi connectivity index (χ4n) is 7.98. The van der Waals surface area contributed by atoms with Crippen LogP contribution in [0.5, 0.6) is 0 Å². The molecule has 2 atom stereocenters. The fourth-order valence-corrected chi connectivity index (χ4v) is 7.98. The highest BCUT2D eigenvalue weighted by atomic mass is 16.5. The summed E-state index contributed by atoms with van der Waals surface area (Å²) in [4.78, 5) is 13.5. The first-order valence-corrected chi connectivity index (χ1v) is 18.5. The van der Waals surface area contributed by atoms with Gasteiger partial charge in [-0.3, -0.25) is 4.79 Å². The Morgan fingerprint density at radius 1 is 0.528 bits per heavy atom. The molecule has 0 bridgehead atoms. The Labute approximate surface area is 313 Å². The van der Waals surface area contributed by atoms with E-state index in [0.717, 1.165) is 33.4 Å². The van der Waals surface area contributed by atoms with Gasteiger partial charge in [0.05, 0.1) is 5.92 Å². The number of ether oxygens (including phenoxy) is 3. The van der Waals surface area contributed by atoms with Crippen LogP contribution >= 0.6 is 0 Å². The average Bonchev–Trinajstić information content (AvgIpc) is 3.44. The first-order valence-electron chi connectivity index (χ1n) is 18.5. The average molecular weight is 699 g/mol. The third kappa shape index (κ3) is 7.01. The molecule has 4 nitrogen and oxygen atoms in total. The molecule has 0 amide bonds. The minimum Gasteiger partial charge on any atom is -0.431 e. The highest BCUT2D eigenvalue weighted by molar-refractivity contribution is 5.78. The van der Waals surface area contributed by atoms with Gasteiger partial charge in [0.2, 0.25) is 0 Å². The number of cyclic esters (lactones) is 1. The molecule has 1 saturated heterocycles. The smallest absolute Gasteiger partial charge is 0.315 e. The lowest BCUT2D eigenvalue weighted by atomic mass is 9.73. The number of carbonyl (C=O) groups is 1. The third-order valence-corrected chi connectivity index (χ3v) is 10.9. The van der Waals surface area contributed by atoms with Crippen LogP contribution in [-0.2, 0) is 30.2 Å². The third-order valence-electron chi connectivity index (χ3n) is 10.9. The maximum atomic E-state index is 13.5. The van der Waals surface area contributed by atoms with Gasteiger partial charge in [0.1, 0.15) is 17.0 Å². The van der Waals surface area contributed by atoms with Crippen LogP contribution in [0.3, 0.4) is 0 Å². The summed E-state index contributed by atoms with van der Waals surface area (Å²) in [6, 6.07) is 62.2. The lowest BCUT2D eigenvalue weighted by molar-refractivity contribution is -0.139. The van der Waals surface area contributed by atoms with E-state index < -0.39 is 16.6 Å². The zero-order valence-corrected chi connectivity index (χ0v) is 30.3. The molecule has 1 heterocycles. The van der Waals surface area contributed by atoms with Gasteiger partial charge < -0.3 is 14.2 Å². The van der Waals surface area contributed by atoms with Crippen molar-refractivity contribution < 1.29 is 19.0 Å². The normalized spacial score (nSPS) is 17.4. The van der Waals surface area contributed by atoms with Gasteiger partial charge in [-0.2, -0.15) is 0 Å². The van der Waals surface area contributed by atoms with Crippen molar-refractivity contribution in [1.82, 2.24) is 0 Å². The van der Waals surface area contributed by atoms with Crippen molar-refractivity contribution >= 4 is 5.97 Å². The summed E-state index contributed by atoms with van der Waals surface area (Å²) < 4.78 is 20.0. The number of carbonyl (C=O) groups excluding carboxylic acids is 1. The fraction of sp³-hybridized carbons (Fsp3) is 0.204. The Bertz CT molecular complexity index is 1870. The SMILES string of the molecule is C=C1OC(=O)[C@@H](CCCOC(c2ccccc2)(c2ccccc2)c2ccccc2)[C@]1(C)CCOC(c1ccccc1)(c1ccccc1)c1ccccc1. The van der Waals surface area contributed by atoms with E-state index in [1.807, 2.05) is 72.8 Å². The molecule has 1 aliphatic heterocycles. The topological polar surface area (TPSA) is 44.8 Å². The minimum absolute atomic E-state index is 0.238. The predicted molar refractivity (Wildman–Crippen MR) is 211 cm³/mol. The maximum Gasteiger partial charge on any atom is 0.315 e. The molecular formula is C49H46O4. The molecule has 0 radical (unpaired) electrons. The van der Waals surface area contributed by atoms with Crippen LogP contribution < -0.4 is 0 Å². The van der Waals surface area contributed by atoms with Gasteiger partial charge in [-0.05, 0) is 52.6 Å². The first kappa shape index (κ1) is 35.8. The second-order valence-electron chi connectivity index (χ2n) is 14.0. The number of esters is 1. The molecule has 0 aromatic heterocycles. The molecule has 0 unspecified atom stereocenters. The van der Waals surface area contributed by atoms with Gasteiger partial charge in [-0.1, -0.05) is 195 Å². The van der Waals surface area contributed by atoms with Crippen LogP contribution in [0.25, 0.3) is 0 Å². The van der Waals surface area contributed by atoms with Gasteiger partial charge in [0.15, 0.2) is 0 Å². The summed E-state index contributed by atoms with van der Waals surface area (Å²) in [6.07, 6.45) is 1.79. The van der Waals surface area contributed by atoms with E-state index >= 15 is 0 Å². The highest BCUT2D eigenvalue weighted by Gasteiger charge is 2.50. The van der Waals surface area contributed by atoms with E-state index in [-0.39, 0.29) is 11.9 Å². The quantitative estimate of drug-likeness (QED) is 0.0608. The van der Waals surface area contributed by atoms with Gasteiger partial charge in [0.25, 0.3) is 0 Å². The maximum absolute atomic E-state index is 13.5. The second-order valence-corrected chi connectivity index (χ2v) is 14.0. The predicted octanol–water partition coefficient (Wildman–Crippen LogP) is 10.9. The van der Waals surface area contributed by atoms with Crippen molar-refractivity contribution in [2.24, 2.45) is 11.3 Å². The molecule has 0 N–H and O–H groups in total. The monoisotopic (exact) mass is 698 g/mol. The Balaban J connectivity index is 1.13. The van der Waals surface area contributed by atoms with E-state index in [2.05, 4.69) is 123 Å². The summed E-state index contributed by atoms with van der Waals surface area (Å²) in [7, 11) is 0. The molecule has 6 aromatic carbocycles. The van der Waals surface area contributed by atoms with Crippen molar-refractivity contribution in [3.8, 4) is 0 Å². The summed E-state index contributed by atoms with van der Waals surface area (Å²) >= 11 is 0. The molecule has 53 heavy (non-hydrogen) atoms. The van der Waals surface area contributed by atoms with E-state index in [9.17, 15) is 4.79 Å². The van der Waals surface area contributed by atoms with Gasteiger partial charge >= 0.3 is 5.97 Å². The first-order chi connectivity index (χ1) is 26.0. The molecule has 6 aromatic rings. The molecule has 0 saturated carbocycles. The highest BCUT2D eigenvalue weighted by Crippen LogP contribution is 2.49. The van der Waals surface area contributed by atoms with Crippen molar-refractivity contribution in [3.63, 3.8) is 0 Å². The van der Waals surface area contributed by atoms with Crippen LogP contribution in [0.4, 0.5) is 0 Å². The van der Waals surface area contributed by atoms with Crippen molar-refractivity contribution in [2.45, 2.75) is 37.4 Å². The van der Waals surface area contributed by atoms with Crippen LogP contribution in [0.1, 0.15) is 59.6 Å². The van der Waals surface area contributed by atoms with E-state index in [1.165, 1.54) is 0 Å². The number of rotatable bonds is 15. The van der Waals surface area contributed by atoms with Gasteiger partial charge in [-0.15, -0.1) is 0 Å². The summed E-state index contributed by atoms with van der Waals surface area (Å²) in [6.45, 7) is 7.15. The van der Waals surface area contributed by atoms with Gasteiger partial charge in [0, 0.05) is 18.6 Å². The molecule has 266 valence electrons. The van der Waals surface area contributed by atoms with Crippen LogP contribution in [0, 0.1) is 11.3 Å². The molecule has 7 rings (SSSR count). The Morgan fingerprint density at radius 2 is 0.830 bits per heavy atom. The standard InChI is InChI=1S/C49H46O4/c1-38-47(2,35-37-52-49(42-28-15-6-16-29-42,43-30-17-7-18-31-43)44-32-19-8-20-33-44)45(46(50)53-38)34-21-36-51-48(39-22-9-3-10-23-39,40-24-11-4-12-25-40)41-26-13-5-14-27-41/h3-20,22-33,45H,1,21,34-37H2,2H3/t45-,47-/m1/s1. The van der Waals surface area contributed by atoms with Crippen LogP contribution in [0.15, 0.2) is 194 Å². The van der Waals surface area contributed by atoms with Gasteiger partial charge in [-0.25, -0.2) is 0 Å². The lowest BCUT2D eigenvalue weighted by Crippen LogP contribution is -2.36. The number of allylic oxidation sites excluding steroid dienone is 1. The van der Waals surface area contributed by atoms with Crippen LogP contribution in [0.2, 0.25) is 0 Å². The van der Waals surface area contributed by atoms with Crippen molar-refractivity contribution in [3.05, 3.63) is 228 Å². The molecule has 4 heteroatoms. The molecule has 1 fully saturated rings. The molecule has 0 aliphatic carbocycles. The zero-order chi connectivity index (χ0) is 36.6. The molecular weight excluding hydrogens is 653 g/mol. The van der Waals surface area contributed by atoms with Crippen LogP contribution in [-0.4, -0.2) is 19.2 Å². The molecule has 0 spiro atoms. The molecule has 1 aliphatic rings. The Kier molecular flexibility index (Phi) is 10.8. The largest absolute Gasteiger partial charge is 0.431 e. The lowest BCUT2D eigenvalue weighted by Gasteiger charge is -2.37. The summed E-state index contributed by atoms with van der Waals surface area (Å²) in [5.41, 5.74) is 3.95. The minimum atomic E-state index is -0.857. The van der Waals surface area contributed by atoms with Crippen molar-refractivity contribution in [1.29, 1.82) is 0 Å². The summed E-state index contributed by atoms with van der Waals surface area (Å²) in [5, 5.41) is 0. The van der Waals surface area contributed by atoms with E-state index in [1.54, 1.807) is 0 Å². The Morgan fingerprint density at radius 3 is 1.15 bits per heavy atom.